The molecule has 0 unspecified atom stereocenters. The Morgan fingerprint density at radius 2 is 2.25 bits per heavy atom. The molecule has 0 aliphatic rings. The fraction of sp³-hybridized carbons (Fsp3) is 0.556. The summed E-state index contributed by atoms with van der Waals surface area (Å²) in [4.78, 5) is 2.19. The molecule has 0 radical (unpaired) electrons. The molecule has 1 rings (SSSR count). The van der Waals surface area contributed by atoms with Crippen molar-refractivity contribution in [2.75, 3.05) is 18.5 Å². The monoisotopic (exact) mass is 165 g/mol. The maximum Gasteiger partial charge on any atom is 0.0729 e. The fourth-order valence-electron chi connectivity index (χ4n) is 1.03. The molecular formula is C9H15N3. The SMILES string of the molecule is CCCCN(C)c1ccnnc1. The lowest BCUT2D eigenvalue weighted by Crippen LogP contribution is -2.18. The van der Waals surface area contributed by atoms with Crippen LogP contribution in [0, 0.1) is 0 Å². The van der Waals surface area contributed by atoms with Crippen LogP contribution in [0.2, 0.25) is 0 Å². The van der Waals surface area contributed by atoms with E-state index in [-0.39, 0.29) is 0 Å². The lowest BCUT2D eigenvalue weighted by atomic mass is 10.3. The van der Waals surface area contributed by atoms with Gasteiger partial charge in [-0.3, -0.25) is 0 Å². The van der Waals surface area contributed by atoms with Gasteiger partial charge in [-0.1, -0.05) is 13.3 Å². The van der Waals surface area contributed by atoms with Crippen LogP contribution in [0.1, 0.15) is 19.8 Å². The Morgan fingerprint density at radius 1 is 1.42 bits per heavy atom. The Labute approximate surface area is 73.4 Å². The van der Waals surface area contributed by atoms with Crippen molar-refractivity contribution in [2.24, 2.45) is 0 Å². The minimum Gasteiger partial charge on any atom is -0.373 e. The van der Waals surface area contributed by atoms with Gasteiger partial charge in [-0.25, -0.2) is 0 Å². The Balaban J connectivity index is 2.48. The molecule has 0 atom stereocenters. The number of hydrogen-bond donors (Lipinski definition) is 0. The van der Waals surface area contributed by atoms with E-state index in [4.69, 9.17) is 0 Å². The summed E-state index contributed by atoms with van der Waals surface area (Å²) in [6.07, 6.45) is 5.95. The highest BCUT2D eigenvalue weighted by atomic mass is 15.1. The molecule has 0 aromatic carbocycles. The first-order chi connectivity index (χ1) is 5.84. The Bertz CT molecular complexity index is 210. The minimum absolute atomic E-state index is 1.09. The zero-order valence-electron chi connectivity index (χ0n) is 7.70. The van der Waals surface area contributed by atoms with Gasteiger partial charge in [-0.15, -0.1) is 0 Å². The van der Waals surface area contributed by atoms with E-state index in [1.807, 2.05) is 6.07 Å². The third kappa shape index (κ3) is 2.49. The molecule has 0 aliphatic carbocycles. The molecule has 12 heavy (non-hydrogen) atoms. The molecule has 0 saturated carbocycles. The van der Waals surface area contributed by atoms with Gasteiger partial charge in [0.15, 0.2) is 0 Å². The predicted molar refractivity (Wildman–Crippen MR) is 50.2 cm³/mol. The maximum absolute atomic E-state index is 3.82. The molecule has 0 saturated heterocycles. The largest absolute Gasteiger partial charge is 0.373 e. The summed E-state index contributed by atoms with van der Waals surface area (Å²) in [5.74, 6) is 0. The van der Waals surface area contributed by atoms with E-state index in [1.54, 1.807) is 12.4 Å². The summed E-state index contributed by atoms with van der Waals surface area (Å²) >= 11 is 0. The number of unbranched alkanes of at least 4 members (excludes halogenated alkanes) is 1. The van der Waals surface area contributed by atoms with Crippen LogP contribution in [0.4, 0.5) is 5.69 Å². The van der Waals surface area contributed by atoms with Gasteiger partial charge in [0.25, 0.3) is 0 Å². The molecule has 0 bridgehead atoms. The third-order valence-corrected chi connectivity index (χ3v) is 1.86. The normalized spacial score (nSPS) is 9.83. The first-order valence-corrected chi connectivity index (χ1v) is 4.32. The zero-order valence-corrected chi connectivity index (χ0v) is 7.70. The average Bonchev–Trinajstić information content (AvgIpc) is 2.15. The van der Waals surface area contributed by atoms with Gasteiger partial charge in [-0.2, -0.15) is 10.2 Å². The van der Waals surface area contributed by atoms with Crippen LogP contribution in [-0.4, -0.2) is 23.8 Å². The van der Waals surface area contributed by atoms with Crippen molar-refractivity contribution in [1.82, 2.24) is 10.2 Å². The molecule has 1 heterocycles. The van der Waals surface area contributed by atoms with E-state index in [2.05, 4.69) is 29.1 Å². The highest BCUT2D eigenvalue weighted by Crippen LogP contribution is 2.08. The van der Waals surface area contributed by atoms with Crippen molar-refractivity contribution < 1.29 is 0 Å². The van der Waals surface area contributed by atoms with E-state index in [9.17, 15) is 0 Å². The maximum atomic E-state index is 3.82. The molecule has 0 aliphatic heterocycles. The molecule has 0 spiro atoms. The van der Waals surface area contributed by atoms with Gasteiger partial charge in [0.05, 0.1) is 18.1 Å². The summed E-state index contributed by atoms with van der Waals surface area (Å²) in [5.41, 5.74) is 1.14. The smallest absolute Gasteiger partial charge is 0.0729 e. The molecular weight excluding hydrogens is 150 g/mol. The number of rotatable bonds is 4. The summed E-state index contributed by atoms with van der Waals surface area (Å²) in [6.45, 7) is 3.28. The van der Waals surface area contributed by atoms with E-state index in [1.165, 1.54) is 12.8 Å². The summed E-state index contributed by atoms with van der Waals surface area (Å²) in [7, 11) is 2.08. The topological polar surface area (TPSA) is 29.0 Å². The standard InChI is InChI=1S/C9H15N3/c1-3-4-7-12(2)9-5-6-10-11-8-9/h5-6,8H,3-4,7H2,1-2H3. The van der Waals surface area contributed by atoms with Crippen molar-refractivity contribution in [3.8, 4) is 0 Å². The van der Waals surface area contributed by atoms with Crippen LogP contribution in [-0.2, 0) is 0 Å². The molecule has 0 fully saturated rings. The lowest BCUT2D eigenvalue weighted by molar-refractivity contribution is 0.764. The second-order valence-electron chi connectivity index (χ2n) is 2.88. The highest BCUT2D eigenvalue weighted by molar-refractivity contribution is 5.41. The predicted octanol–water partition coefficient (Wildman–Crippen LogP) is 1.71. The quantitative estimate of drug-likeness (QED) is 0.680. The van der Waals surface area contributed by atoms with Gasteiger partial charge in [0, 0.05) is 13.6 Å². The summed E-state index contributed by atoms with van der Waals surface area (Å²) in [6, 6.07) is 1.97. The Morgan fingerprint density at radius 3 is 2.83 bits per heavy atom. The number of anilines is 1. The van der Waals surface area contributed by atoms with Gasteiger partial charge in [-0.05, 0) is 12.5 Å². The first-order valence-electron chi connectivity index (χ1n) is 4.32. The number of aromatic nitrogens is 2. The van der Waals surface area contributed by atoms with Crippen molar-refractivity contribution in [3.63, 3.8) is 0 Å². The molecule has 0 amide bonds. The molecule has 1 aromatic heterocycles. The van der Waals surface area contributed by atoms with Gasteiger partial charge in [0.1, 0.15) is 0 Å². The third-order valence-electron chi connectivity index (χ3n) is 1.86. The first kappa shape index (κ1) is 8.97. The van der Waals surface area contributed by atoms with Crippen molar-refractivity contribution in [3.05, 3.63) is 18.5 Å². The summed E-state index contributed by atoms with van der Waals surface area (Å²) < 4.78 is 0. The second-order valence-corrected chi connectivity index (χ2v) is 2.88. The van der Waals surface area contributed by atoms with Gasteiger partial charge >= 0.3 is 0 Å². The van der Waals surface area contributed by atoms with Crippen molar-refractivity contribution in [1.29, 1.82) is 0 Å². The van der Waals surface area contributed by atoms with Crippen molar-refractivity contribution >= 4 is 5.69 Å². The van der Waals surface area contributed by atoms with Crippen LogP contribution >= 0.6 is 0 Å². The Hall–Kier alpha value is -1.12. The molecule has 1 aromatic rings. The van der Waals surface area contributed by atoms with E-state index in [0.29, 0.717) is 0 Å². The molecule has 3 heteroatoms. The van der Waals surface area contributed by atoms with Crippen LogP contribution in [0.3, 0.4) is 0 Å². The number of hydrogen-bond acceptors (Lipinski definition) is 3. The zero-order chi connectivity index (χ0) is 8.81. The minimum atomic E-state index is 1.09. The molecule has 0 N–H and O–H groups in total. The average molecular weight is 165 g/mol. The van der Waals surface area contributed by atoms with Crippen LogP contribution < -0.4 is 4.90 Å². The van der Waals surface area contributed by atoms with Gasteiger partial charge in [0.2, 0.25) is 0 Å². The summed E-state index contributed by atoms with van der Waals surface area (Å²) in [5, 5.41) is 7.55. The fourth-order valence-corrected chi connectivity index (χ4v) is 1.03. The molecule has 3 nitrogen and oxygen atoms in total. The molecule has 66 valence electrons. The highest BCUT2D eigenvalue weighted by Gasteiger charge is 1.97. The van der Waals surface area contributed by atoms with Crippen LogP contribution in [0.15, 0.2) is 18.5 Å². The van der Waals surface area contributed by atoms with Crippen LogP contribution in [0.5, 0.6) is 0 Å². The van der Waals surface area contributed by atoms with Crippen LogP contribution in [0.25, 0.3) is 0 Å². The lowest BCUT2D eigenvalue weighted by Gasteiger charge is -2.17. The second kappa shape index (κ2) is 4.70. The van der Waals surface area contributed by atoms with Crippen molar-refractivity contribution in [2.45, 2.75) is 19.8 Å². The van der Waals surface area contributed by atoms with E-state index in [0.717, 1.165) is 12.2 Å². The van der Waals surface area contributed by atoms with E-state index >= 15 is 0 Å². The van der Waals surface area contributed by atoms with E-state index < -0.39 is 0 Å². The number of nitrogens with zero attached hydrogens (tertiary/aromatic N) is 3. The Kier molecular flexibility index (Phi) is 3.51. The van der Waals surface area contributed by atoms with Gasteiger partial charge < -0.3 is 4.90 Å².